The van der Waals surface area contributed by atoms with Gasteiger partial charge >= 0.3 is 0 Å². The van der Waals surface area contributed by atoms with Gasteiger partial charge in [-0.05, 0) is 36.2 Å². The molecule has 2 atom stereocenters. The standard InChI is InChI=1S/C18H22BrN3O.ClH/c1-13-9-22(11-17(13)20)10-14-8-15(19)5-6-18(14)23-12-16-4-2-3-7-21-16;/h2-8,13,17H,9-12,20H2,1H3;1H. The molecule has 1 fully saturated rings. The molecular formula is C18H23BrClN3O. The van der Waals surface area contributed by atoms with E-state index in [2.05, 4.69) is 38.8 Å². The summed E-state index contributed by atoms with van der Waals surface area (Å²) in [5.74, 6) is 1.45. The lowest BCUT2D eigenvalue weighted by Gasteiger charge is -2.18. The Hall–Kier alpha value is -1.14. The first-order valence-corrected chi connectivity index (χ1v) is 8.70. The molecule has 0 bridgehead atoms. The Morgan fingerprint density at radius 2 is 2.12 bits per heavy atom. The highest BCUT2D eigenvalue weighted by Gasteiger charge is 2.27. The van der Waals surface area contributed by atoms with Gasteiger partial charge in [0, 0.05) is 41.9 Å². The van der Waals surface area contributed by atoms with Gasteiger partial charge in [-0.25, -0.2) is 0 Å². The average Bonchev–Trinajstić information content (AvgIpc) is 2.85. The molecule has 6 heteroatoms. The Morgan fingerprint density at radius 3 is 2.79 bits per heavy atom. The van der Waals surface area contributed by atoms with Crippen LogP contribution in [-0.2, 0) is 13.2 Å². The molecule has 1 saturated heterocycles. The van der Waals surface area contributed by atoms with E-state index in [9.17, 15) is 0 Å². The molecule has 2 heterocycles. The van der Waals surface area contributed by atoms with E-state index < -0.39 is 0 Å². The Labute approximate surface area is 157 Å². The van der Waals surface area contributed by atoms with E-state index in [0.29, 0.717) is 12.5 Å². The van der Waals surface area contributed by atoms with Crippen LogP contribution in [0.4, 0.5) is 0 Å². The Morgan fingerprint density at radius 1 is 1.29 bits per heavy atom. The number of nitrogens with two attached hydrogens (primary N) is 1. The molecular weight excluding hydrogens is 390 g/mol. The summed E-state index contributed by atoms with van der Waals surface area (Å²) in [6.07, 6.45) is 1.79. The van der Waals surface area contributed by atoms with Crippen molar-refractivity contribution < 1.29 is 4.74 Å². The van der Waals surface area contributed by atoms with Gasteiger partial charge in [-0.2, -0.15) is 0 Å². The molecule has 3 rings (SSSR count). The van der Waals surface area contributed by atoms with Crippen molar-refractivity contribution >= 4 is 28.3 Å². The minimum absolute atomic E-state index is 0. The van der Waals surface area contributed by atoms with Gasteiger partial charge in [0.15, 0.2) is 0 Å². The lowest BCUT2D eigenvalue weighted by atomic mass is 10.1. The number of halogens is 2. The molecule has 1 aromatic heterocycles. The summed E-state index contributed by atoms with van der Waals surface area (Å²) < 4.78 is 7.07. The van der Waals surface area contributed by atoms with Crippen LogP contribution in [0, 0.1) is 5.92 Å². The first-order chi connectivity index (χ1) is 11.1. The van der Waals surface area contributed by atoms with E-state index >= 15 is 0 Å². The fourth-order valence-corrected chi connectivity index (χ4v) is 3.32. The van der Waals surface area contributed by atoms with Crippen LogP contribution >= 0.6 is 28.3 Å². The smallest absolute Gasteiger partial charge is 0.130 e. The quantitative estimate of drug-likeness (QED) is 0.815. The van der Waals surface area contributed by atoms with Gasteiger partial charge in [-0.3, -0.25) is 9.88 Å². The number of rotatable bonds is 5. The fourth-order valence-electron chi connectivity index (χ4n) is 2.91. The molecule has 1 aromatic carbocycles. The van der Waals surface area contributed by atoms with Crippen LogP contribution < -0.4 is 10.5 Å². The topological polar surface area (TPSA) is 51.4 Å². The summed E-state index contributed by atoms with van der Waals surface area (Å²) in [5, 5.41) is 0. The van der Waals surface area contributed by atoms with Crippen LogP contribution in [0.3, 0.4) is 0 Å². The second-order valence-corrected chi connectivity index (χ2v) is 7.11. The van der Waals surface area contributed by atoms with Crippen LogP contribution in [-0.4, -0.2) is 29.0 Å². The number of benzene rings is 1. The maximum Gasteiger partial charge on any atom is 0.130 e. The van der Waals surface area contributed by atoms with Crippen molar-refractivity contribution in [1.29, 1.82) is 0 Å². The van der Waals surface area contributed by atoms with E-state index in [1.807, 2.05) is 30.3 Å². The number of hydrogen-bond donors (Lipinski definition) is 1. The summed E-state index contributed by atoms with van der Waals surface area (Å²) in [7, 11) is 0. The zero-order valence-corrected chi connectivity index (χ0v) is 16.1. The van der Waals surface area contributed by atoms with Crippen LogP contribution in [0.1, 0.15) is 18.2 Å². The SMILES string of the molecule is CC1CN(Cc2cc(Br)ccc2OCc2ccccn2)CC1N.Cl. The molecule has 2 aromatic rings. The highest BCUT2D eigenvalue weighted by Crippen LogP contribution is 2.27. The molecule has 24 heavy (non-hydrogen) atoms. The van der Waals surface area contributed by atoms with Crippen LogP contribution in [0.2, 0.25) is 0 Å². The van der Waals surface area contributed by atoms with Crippen LogP contribution in [0.25, 0.3) is 0 Å². The predicted octanol–water partition coefficient (Wildman–Crippen LogP) is 3.62. The monoisotopic (exact) mass is 411 g/mol. The molecule has 2 N–H and O–H groups in total. The Balaban J connectivity index is 0.00000208. The molecule has 2 unspecified atom stereocenters. The zero-order chi connectivity index (χ0) is 16.2. The molecule has 0 saturated carbocycles. The van der Waals surface area contributed by atoms with E-state index in [-0.39, 0.29) is 18.4 Å². The number of pyridine rings is 1. The van der Waals surface area contributed by atoms with E-state index in [4.69, 9.17) is 10.5 Å². The highest BCUT2D eigenvalue weighted by atomic mass is 79.9. The Bertz CT molecular complexity index is 646. The minimum Gasteiger partial charge on any atom is -0.487 e. The van der Waals surface area contributed by atoms with Crippen molar-refractivity contribution in [1.82, 2.24) is 9.88 Å². The lowest BCUT2D eigenvalue weighted by molar-refractivity contribution is 0.279. The summed E-state index contributed by atoms with van der Waals surface area (Å²) in [6.45, 7) is 5.52. The second-order valence-electron chi connectivity index (χ2n) is 6.20. The number of aromatic nitrogens is 1. The second kappa shape index (κ2) is 8.81. The minimum atomic E-state index is 0. The molecule has 0 amide bonds. The first kappa shape index (κ1) is 19.2. The molecule has 1 aliphatic rings. The van der Waals surface area contributed by atoms with Gasteiger partial charge < -0.3 is 10.5 Å². The molecule has 130 valence electrons. The van der Waals surface area contributed by atoms with Gasteiger partial charge in [0.25, 0.3) is 0 Å². The molecule has 0 spiro atoms. The first-order valence-electron chi connectivity index (χ1n) is 7.91. The third kappa shape index (κ3) is 4.93. The fraction of sp³-hybridized carbons (Fsp3) is 0.389. The van der Waals surface area contributed by atoms with Crippen LogP contribution in [0.5, 0.6) is 5.75 Å². The highest BCUT2D eigenvalue weighted by molar-refractivity contribution is 9.10. The largest absolute Gasteiger partial charge is 0.487 e. The van der Waals surface area contributed by atoms with E-state index in [1.54, 1.807) is 6.20 Å². The Kier molecular flexibility index (Phi) is 7.04. The lowest BCUT2D eigenvalue weighted by Crippen LogP contribution is -2.28. The van der Waals surface area contributed by atoms with Gasteiger partial charge in [0.1, 0.15) is 12.4 Å². The van der Waals surface area contributed by atoms with Gasteiger partial charge in [0.05, 0.1) is 5.69 Å². The summed E-state index contributed by atoms with van der Waals surface area (Å²) in [4.78, 5) is 6.70. The maximum absolute atomic E-state index is 6.13. The maximum atomic E-state index is 6.13. The molecule has 0 radical (unpaired) electrons. The summed E-state index contributed by atoms with van der Waals surface area (Å²) in [6, 6.07) is 12.3. The van der Waals surface area contributed by atoms with Crippen molar-refractivity contribution in [3.05, 3.63) is 58.3 Å². The number of ether oxygens (including phenoxy) is 1. The van der Waals surface area contributed by atoms with Crippen molar-refractivity contribution in [3.63, 3.8) is 0 Å². The van der Waals surface area contributed by atoms with Crippen LogP contribution in [0.15, 0.2) is 47.1 Å². The number of nitrogens with zero attached hydrogens (tertiary/aromatic N) is 2. The van der Waals surface area contributed by atoms with Crippen molar-refractivity contribution in [2.24, 2.45) is 11.7 Å². The average molecular weight is 413 g/mol. The van der Waals surface area contributed by atoms with Gasteiger partial charge in [-0.15, -0.1) is 12.4 Å². The number of hydrogen-bond acceptors (Lipinski definition) is 4. The molecule has 0 aliphatic carbocycles. The normalized spacial score (nSPS) is 20.6. The summed E-state index contributed by atoms with van der Waals surface area (Å²) in [5.41, 5.74) is 8.24. The molecule has 1 aliphatic heterocycles. The van der Waals surface area contributed by atoms with Crippen molar-refractivity contribution in [2.45, 2.75) is 26.1 Å². The predicted molar refractivity (Wildman–Crippen MR) is 102 cm³/mol. The third-order valence-electron chi connectivity index (χ3n) is 4.26. The molecule has 4 nitrogen and oxygen atoms in total. The van der Waals surface area contributed by atoms with Gasteiger partial charge in [0.2, 0.25) is 0 Å². The van der Waals surface area contributed by atoms with Gasteiger partial charge in [-0.1, -0.05) is 28.9 Å². The van der Waals surface area contributed by atoms with E-state index in [1.165, 1.54) is 5.56 Å². The van der Waals surface area contributed by atoms with Crippen molar-refractivity contribution in [2.75, 3.05) is 13.1 Å². The zero-order valence-electron chi connectivity index (χ0n) is 13.7. The number of likely N-dealkylation sites (tertiary alicyclic amines) is 1. The third-order valence-corrected chi connectivity index (χ3v) is 4.76. The van der Waals surface area contributed by atoms with Crippen molar-refractivity contribution in [3.8, 4) is 5.75 Å². The summed E-state index contributed by atoms with van der Waals surface area (Å²) >= 11 is 3.55. The van der Waals surface area contributed by atoms with E-state index in [0.717, 1.165) is 35.6 Å².